The molecule has 0 atom stereocenters. The van der Waals surface area contributed by atoms with Gasteiger partial charge in [-0.05, 0) is 49.2 Å². The number of rotatable bonds is 4. The van der Waals surface area contributed by atoms with E-state index in [4.69, 9.17) is 0 Å². The molecular weight excluding hydrogens is 404 g/mol. The number of carbonyl (C=O) groups excluding carboxylic acids is 2. The van der Waals surface area contributed by atoms with Crippen LogP contribution in [0.1, 0.15) is 11.1 Å². The van der Waals surface area contributed by atoms with Gasteiger partial charge < -0.3 is 35.9 Å². The average Bonchev–Trinajstić information content (AvgIpc) is 2.55. The summed E-state index contributed by atoms with van der Waals surface area (Å²) in [7, 11) is 0. The van der Waals surface area contributed by atoms with Crippen LogP contribution in [0.4, 0.5) is 11.4 Å². The summed E-state index contributed by atoms with van der Waals surface area (Å²) < 4.78 is 0. The van der Waals surface area contributed by atoms with Gasteiger partial charge >= 0.3 is 17.1 Å². The average molecular weight is 424 g/mol. The Morgan fingerprint density at radius 3 is 1.44 bits per heavy atom. The van der Waals surface area contributed by atoms with Crippen LogP contribution in [0.2, 0.25) is 0 Å². The molecule has 4 nitrogen and oxygen atoms in total. The largest absolute Gasteiger partial charge is 2.00 e. The van der Waals surface area contributed by atoms with Crippen LogP contribution < -0.4 is 10.6 Å². The standard InChI is InChI=1S/2C9H11NOS.Cu/c2*1-7-3-2-4-8(5-7)10-9(11)6-12;/h2*2-5,12H,6H2,1H3,(H,10,11);/q;;+2/p-2. The van der Waals surface area contributed by atoms with E-state index < -0.39 is 0 Å². The maximum atomic E-state index is 10.9. The molecule has 0 heterocycles. The van der Waals surface area contributed by atoms with Gasteiger partial charge in [0.2, 0.25) is 0 Å². The Kier molecular flexibility index (Phi) is 12.2. The fraction of sp³-hybridized carbons (Fsp3) is 0.222. The molecule has 0 saturated carbocycles. The van der Waals surface area contributed by atoms with Crippen molar-refractivity contribution in [2.45, 2.75) is 13.8 Å². The third-order valence-electron chi connectivity index (χ3n) is 2.87. The van der Waals surface area contributed by atoms with Crippen molar-refractivity contribution in [1.82, 2.24) is 0 Å². The number of benzene rings is 2. The molecule has 0 unspecified atom stereocenters. The normalized spacial score (nSPS) is 9.12. The Balaban J connectivity index is 0.000000443. The van der Waals surface area contributed by atoms with Crippen LogP contribution in [0, 0.1) is 13.8 Å². The summed E-state index contributed by atoms with van der Waals surface area (Å²) in [5, 5.41) is 5.38. The zero-order valence-corrected chi connectivity index (χ0v) is 16.5. The van der Waals surface area contributed by atoms with E-state index in [0.717, 1.165) is 22.5 Å². The first-order chi connectivity index (χ1) is 11.4. The van der Waals surface area contributed by atoms with Gasteiger partial charge in [-0.2, -0.15) is 0 Å². The Morgan fingerprint density at radius 1 is 0.800 bits per heavy atom. The zero-order chi connectivity index (χ0) is 17.9. The van der Waals surface area contributed by atoms with Crippen molar-refractivity contribution in [3.8, 4) is 0 Å². The number of aryl methyl sites for hydroxylation is 2. The van der Waals surface area contributed by atoms with Crippen molar-refractivity contribution in [2.75, 3.05) is 22.1 Å². The summed E-state index contributed by atoms with van der Waals surface area (Å²) in [6.07, 6.45) is 0. The van der Waals surface area contributed by atoms with Crippen molar-refractivity contribution in [2.24, 2.45) is 0 Å². The van der Waals surface area contributed by atoms with Crippen molar-refractivity contribution in [3.63, 3.8) is 0 Å². The summed E-state index contributed by atoms with van der Waals surface area (Å²) in [5.74, 6) is -0.0479. The molecule has 2 N–H and O–H groups in total. The van der Waals surface area contributed by atoms with Crippen LogP contribution in [-0.2, 0) is 51.9 Å². The molecule has 0 bridgehead atoms. The second kappa shape index (κ2) is 12.9. The Bertz CT molecular complexity index is 637. The first-order valence-corrected chi connectivity index (χ1v) is 8.49. The van der Waals surface area contributed by atoms with E-state index in [-0.39, 0.29) is 40.4 Å². The molecule has 1 radical (unpaired) electrons. The van der Waals surface area contributed by atoms with Crippen LogP contribution in [0.3, 0.4) is 0 Å². The Hall–Kier alpha value is -1.40. The third-order valence-corrected chi connectivity index (χ3v) is 3.39. The number of nitrogens with one attached hydrogen (secondary N) is 2. The van der Waals surface area contributed by atoms with Gasteiger partial charge in [0.25, 0.3) is 0 Å². The van der Waals surface area contributed by atoms with E-state index >= 15 is 0 Å². The second-order valence-corrected chi connectivity index (χ2v) is 5.70. The minimum atomic E-state index is -0.129. The Morgan fingerprint density at radius 2 is 1.16 bits per heavy atom. The van der Waals surface area contributed by atoms with Crippen molar-refractivity contribution in [1.29, 1.82) is 0 Å². The first kappa shape index (κ1) is 23.6. The van der Waals surface area contributed by atoms with Gasteiger partial charge in [0, 0.05) is 11.4 Å². The quantitative estimate of drug-likeness (QED) is 0.586. The minimum Gasteiger partial charge on any atom is -0.783 e. The maximum Gasteiger partial charge on any atom is 2.00 e. The molecule has 0 aromatic heterocycles. The van der Waals surface area contributed by atoms with Gasteiger partial charge in [0.1, 0.15) is 0 Å². The van der Waals surface area contributed by atoms with Gasteiger partial charge in [-0.1, -0.05) is 35.8 Å². The number of hydrogen-bond acceptors (Lipinski definition) is 4. The molecule has 0 spiro atoms. The van der Waals surface area contributed by atoms with E-state index in [1.807, 2.05) is 62.4 Å². The molecule has 137 valence electrons. The molecule has 25 heavy (non-hydrogen) atoms. The molecular formula is C18H20CuN2O2S2. The van der Waals surface area contributed by atoms with Crippen molar-refractivity contribution >= 4 is 48.4 Å². The van der Waals surface area contributed by atoms with Crippen molar-refractivity contribution in [3.05, 3.63) is 59.7 Å². The fourth-order valence-corrected chi connectivity index (χ4v) is 1.98. The fourth-order valence-electron chi connectivity index (χ4n) is 1.84. The van der Waals surface area contributed by atoms with Crippen LogP contribution in [0.5, 0.6) is 0 Å². The maximum absolute atomic E-state index is 10.9. The molecule has 2 aromatic rings. The molecule has 2 amide bonds. The van der Waals surface area contributed by atoms with Gasteiger partial charge in [-0.25, -0.2) is 0 Å². The second-order valence-electron chi connectivity index (χ2n) is 5.12. The molecule has 0 aliphatic carbocycles. The summed E-state index contributed by atoms with van der Waals surface area (Å²) in [6.45, 7) is 3.95. The first-order valence-electron chi connectivity index (χ1n) is 7.34. The van der Waals surface area contributed by atoms with Gasteiger partial charge in [-0.15, -0.1) is 0 Å². The zero-order valence-electron chi connectivity index (χ0n) is 14.0. The number of anilines is 2. The topological polar surface area (TPSA) is 58.2 Å². The van der Waals surface area contributed by atoms with Gasteiger partial charge in [0.15, 0.2) is 11.8 Å². The molecule has 7 heteroatoms. The molecule has 0 aliphatic heterocycles. The monoisotopic (exact) mass is 423 g/mol. The van der Waals surface area contributed by atoms with Crippen molar-refractivity contribution < 1.29 is 26.7 Å². The van der Waals surface area contributed by atoms with Gasteiger partial charge in [0.05, 0.1) is 0 Å². The van der Waals surface area contributed by atoms with Crippen LogP contribution in [0.25, 0.3) is 0 Å². The van der Waals surface area contributed by atoms with E-state index in [9.17, 15) is 9.59 Å². The summed E-state index contributed by atoms with van der Waals surface area (Å²) in [5.41, 5.74) is 3.86. The Labute approximate surface area is 170 Å². The third kappa shape index (κ3) is 10.2. The van der Waals surface area contributed by atoms with Gasteiger partial charge in [-0.3, -0.25) is 9.59 Å². The van der Waals surface area contributed by atoms with Crippen LogP contribution in [-0.4, -0.2) is 23.3 Å². The molecule has 2 rings (SSSR count). The number of hydrogen-bond donors (Lipinski definition) is 2. The molecule has 0 saturated heterocycles. The van der Waals surface area contributed by atoms with Crippen LogP contribution >= 0.6 is 0 Å². The minimum absolute atomic E-state index is 0. The van der Waals surface area contributed by atoms with E-state index in [2.05, 4.69) is 35.9 Å². The predicted molar refractivity (Wildman–Crippen MR) is 104 cm³/mol. The summed E-state index contributed by atoms with van der Waals surface area (Å²) >= 11 is 9.19. The number of amides is 2. The molecule has 2 aromatic carbocycles. The molecule has 0 aliphatic rings. The van der Waals surface area contributed by atoms with Crippen LogP contribution in [0.15, 0.2) is 48.5 Å². The smallest absolute Gasteiger partial charge is 0.783 e. The van der Waals surface area contributed by atoms with E-state index in [1.165, 1.54) is 0 Å². The van der Waals surface area contributed by atoms with E-state index in [1.54, 1.807) is 0 Å². The SMILES string of the molecule is Cc1cccc(NC(=O)C[S-])c1.Cc1cccc(NC(=O)C[S-])c1.[Cu+2]. The summed E-state index contributed by atoms with van der Waals surface area (Å²) in [6, 6.07) is 15.2. The molecule has 0 fully saturated rings. The van der Waals surface area contributed by atoms with E-state index in [0.29, 0.717) is 0 Å². The predicted octanol–water partition coefficient (Wildman–Crippen LogP) is 2.96. The number of carbonyl (C=O) groups is 2. The summed E-state index contributed by atoms with van der Waals surface area (Å²) in [4.78, 5) is 21.8.